The summed E-state index contributed by atoms with van der Waals surface area (Å²) in [6.45, 7) is 3.61. The number of anilines is 1. The maximum Gasteiger partial charge on any atom is 0.338 e. The Morgan fingerprint density at radius 3 is 2.54 bits per heavy atom. The molecule has 0 unspecified atom stereocenters. The molecule has 0 bridgehead atoms. The van der Waals surface area contributed by atoms with Gasteiger partial charge in [0.1, 0.15) is 0 Å². The van der Waals surface area contributed by atoms with Crippen molar-refractivity contribution in [3.8, 4) is 11.5 Å². The second-order valence-electron chi connectivity index (χ2n) is 6.31. The van der Waals surface area contributed by atoms with Crippen LogP contribution in [0.25, 0.3) is 0 Å². The molecule has 1 aliphatic heterocycles. The number of fused-ring (bicyclic) bond motifs is 1. The maximum atomic E-state index is 12.4. The van der Waals surface area contributed by atoms with Crippen molar-refractivity contribution in [2.24, 2.45) is 0 Å². The van der Waals surface area contributed by atoms with Crippen LogP contribution in [-0.2, 0) is 9.53 Å². The van der Waals surface area contributed by atoms with Crippen molar-refractivity contribution in [1.82, 2.24) is 0 Å². The molecule has 0 aromatic heterocycles. The largest absolute Gasteiger partial charge is 0.493 e. The summed E-state index contributed by atoms with van der Waals surface area (Å²) in [5.74, 6) is -0.470. The summed E-state index contributed by atoms with van der Waals surface area (Å²) in [5, 5.41) is 2.75. The fourth-order valence-electron chi connectivity index (χ4n) is 2.96. The fraction of sp³-hybridized carbons (Fsp3) is 0.286. The van der Waals surface area contributed by atoms with E-state index in [4.69, 9.17) is 14.2 Å². The SMILES string of the molecule is CCOc1cc(C(=O)OCC(=O)c2ccc3c(c2)[C@H](C)C(=O)N3)ccc1OC. The zero-order valence-electron chi connectivity index (χ0n) is 15.9. The van der Waals surface area contributed by atoms with E-state index >= 15 is 0 Å². The van der Waals surface area contributed by atoms with E-state index in [1.54, 1.807) is 37.3 Å². The van der Waals surface area contributed by atoms with Crippen LogP contribution in [0.1, 0.15) is 46.0 Å². The number of amides is 1. The number of hydrogen-bond donors (Lipinski definition) is 1. The second-order valence-corrected chi connectivity index (χ2v) is 6.31. The smallest absolute Gasteiger partial charge is 0.338 e. The van der Waals surface area contributed by atoms with Gasteiger partial charge in [-0.1, -0.05) is 0 Å². The molecule has 0 saturated carbocycles. The first-order valence-electron chi connectivity index (χ1n) is 8.90. The summed E-state index contributed by atoms with van der Waals surface area (Å²) in [5.41, 5.74) is 2.11. The molecule has 7 nitrogen and oxygen atoms in total. The number of carbonyl (C=O) groups excluding carboxylic acids is 3. The second kappa shape index (κ2) is 8.12. The van der Waals surface area contributed by atoms with E-state index in [0.29, 0.717) is 29.4 Å². The van der Waals surface area contributed by atoms with Crippen molar-refractivity contribution in [2.75, 3.05) is 25.6 Å². The number of rotatable bonds is 7. The number of hydrogen-bond acceptors (Lipinski definition) is 6. The lowest BCUT2D eigenvalue weighted by Crippen LogP contribution is -2.14. The van der Waals surface area contributed by atoms with Gasteiger partial charge in [0.15, 0.2) is 23.9 Å². The molecule has 1 heterocycles. The van der Waals surface area contributed by atoms with Gasteiger partial charge in [-0.2, -0.15) is 0 Å². The number of methoxy groups -OCH3 is 1. The number of ketones is 1. The van der Waals surface area contributed by atoms with Crippen molar-refractivity contribution in [3.05, 3.63) is 53.1 Å². The van der Waals surface area contributed by atoms with Gasteiger partial charge in [-0.05, 0) is 55.8 Å². The van der Waals surface area contributed by atoms with Crippen LogP contribution in [0.15, 0.2) is 36.4 Å². The highest BCUT2D eigenvalue weighted by Crippen LogP contribution is 2.33. The lowest BCUT2D eigenvalue weighted by molar-refractivity contribution is -0.116. The van der Waals surface area contributed by atoms with Gasteiger partial charge in [0.25, 0.3) is 0 Å². The molecule has 1 amide bonds. The van der Waals surface area contributed by atoms with Gasteiger partial charge in [-0.25, -0.2) is 4.79 Å². The van der Waals surface area contributed by atoms with Gasteiger partial charge in [0, 0.05) is 11.3 Å². The molecule has 7 heteroatoms. The quantitative estimate of drug-likeness (QED) is 0.583. The molecule has 3 rings (SSSR count). The van der Waals surface area contributed by atoms with E-state index in [0.717, 1.165) is 5.56 Å². The summed E-state index contributed by atoms with van der Waals surface area (Å²) in [4.78, 5) is 36.4. The van der Waals surface area contributed by atoms with Crippen LogP contribution in [-0.4, -0.2) is 38.0 Å². The van der Waals surface area contributed by atoms with Crippen LogP contribution in [0.3, 0.4) is 0 Å². The average Bonchev–Trinajstić information content (AvgIpc) is 2.99. The predicted molar refractivity (Wildman–Crippen MR) is 102 cm³/mol. The lowest BCUT2D eigenvalue weighted by Gasteiger charge is -2.11. The van der Waals surface area contributed by atoms with Gasteiger partial charge in [-0.3, -0.25) is 9.59 Å². The molecule has 0 spiro atoms. The highest BCUT2D eigenvalue weighted by molar-refractivity contribution is 6.05. The minimum atomic E-state index is -0.636. The number of esters is 1. The summed E-state index contributed by atoms with van der Waals surface area (Å²) >= 11 is 0. The number of Topliss-reactive ketones (excluding diaryl/α,β-unsaturated/α-hetero) is 1. The molecule has 1 N–H and O–H groups in total. The number of ether oxygens (including phenoxy) is 3. The Hall–Kier alpha value is -3.35. The Balaban J connectivity index is 1.67. The zero-order chi connectivity index (χ0) is 20.3. The van der Waals surface area contributed by atoms with Gasteiger partial charge >= 0.3 is 5.97 Å². The van der Waals surface area contributed by atoms with E-state index in [-0.39, 0.29) is 23.2 Å². The van der Waals surface area contributed by atoms with Gasteiger partial charge in [0.05, 0.1) is 25.2 Å². The highest BCUT2D eigenvalue weighted by Gasteiger charge is 2.27. The lowest BCUT2D eigenvalue weighted by atomic mass is 9.99. The molecule has 2 aromatic rings. The first-order valence-corrected chi connectivity index (χ1v) is 8.90. The molecular weight excluding hydrogens is 362 g/mol. The minimum absolute atomic E-state index is 0.101. The van der Waals surface area contributed by atoms with Crippen LogP contribution in [0, 0.1) is 0 Å². The molecule has 0 radical (unpaired) electrons. The van der Waals surface area contributed by atoms with Crippen molar-refractivity contribution in [1.29, 1.82) is 0 Å². The number of benzene rings is 2. The fourth-order valence-corrected chi connectivity index (χ4v) is 2.96. The monoisotopic (exact) mass is 383 g/mol. The maximum absolute atomic E-state index is 12.4. The Bertz CT molecular complexity index is 936. The molecule has 146 valence electrons. The molecule has 0 fully saturated rings. The predicted octanol–water partition coefficient (Wildman–Crippen LogP) is 3.19. The molecule has 1 atom stereocenters. The van der Waals surface area contributed by atoms with Gasteiger partial charge in [0.2, 0.25) is 5.91 Å². The minimum Gasteiger partial charge on any atom is -0.493 e. The third-order valence-corrected chi connectivity index (χ3v) is 4.52. The third kappa shape index (κ3) is 3.83. The van der Waals surface area contributed by atoms with Crippen LogP contribution < -0.4 is 14.8 Å². The topological polar surface area (TPSA) is 90.9 Å². The van der Waals surface area contributed by atoms with Crippen molar-refractivity contribution < 1.29 is 28.6 Å². The van der Waals surface area contributed by atoms with E-state index in [1.165, 1.54) is 13.2 Å². The molecular formula is C21H21NO6. The third-order valence-electron chi connectivity index (χ3n) is 4.52. The average molecular weight is 383 g/mol. The normalized spacial score (nSPS) is 14.8. The van der Waals surface area contributed by atoms with Crippen LogP contribution in [0.4, 0.5) is 5.69 Å². The Morgan fingerprint density at radius 2 is 1.82 bits per heavy atom. The Labute approximate surface area is 162 Å². The summed E-state index contributed by atoms with van der Waals surface area (Å²) in [6, 6.07) is 9.62. The summed E-state index contributed by atoms with van der Waals surface area (Å²) < 4.78 is 15.8. The van der Waals surface area contributed by atoms with Crippen LogP contribution >= 0.6 is 0 Å². The van der Waals surface area contributed by atoms with Gasteiger partial charge < -0.3 is 19.5 Å². The van der Waals surface area contributed by atoms with Crippen molar-refractivity contribution >= 4 is 23.3 Å². The van der Waals surface area contributed by atoms with E-state index in [1.807, 2.05) is 6.92 Å². The first-order chi connectivity index (χ1) is 13.4. The molecule has 1 aliphatic rings. The molecule has 28 heavy (non-hydrogen) atoms. The summed E-state index contributed by atoms with van der Waals surface area (Å²) in [6.07, 6.45) is 0. The number of carbonyl (C=O) groups is 3. The van der Waals surface area contributed by atoms with E-state index in [2.05, 4.69) is 5.32 Å². The zero-order valence-corrected chi connectivity index (χ0v) is 15.9. The van der Waals surface area contributed by atoms with E-state index in [9.17, 15) is 14.4 Å². The molecule has 2 aromatic carbocycles. The van der Waals surface area contributed by atoms with Crippen LogP contribution in [0.5, 0.6) is 11.5 Å². The first kappa shape index (κ1) is 19.4. The standard InChI is InChI=1S/C21H21NO6/c1-4-27-19-10-14(6-8-18(19)26-3)21(25)28-11-17(23)13-5-7-16-15(9-13)12(2)20(24)22-16/h5-10,12H,4,11H2,1-3H3,(H,22,24)/t12-/m0/s1. The van der Waals surface area contributed by atoms with Crippen molar-refractivity contribution in [3.63, 3.8) is 0 Å². The number of nitrogens with one attached hydrogen (secondary N) is 1. The highest BCUT2D eigenvalue weighted by atomic mass is 16.5. The van der Waals surface area contributed by atoms with Crippen molar-refractivity contribution in [2.45, 2.75) is 19.8 Å². The van der Waals surface area contributed by atoms with Gasteiger partial charge in [-0.15, -0.1) is 0 Å². The van der Waals surface area contributed by atoms with Crippen LogP contribution in [0.2, 0.25) is 0 Å². The molecule has 0 aliphatic carbocycles. The summed E-state index contributed by atoms with van der Waals surface area (Å²) in [7, 11) is 1.51. The Morgan fingerprint density at radius 1 is 1.07 bits per heavy atom. The molecule has 0 saturated heterocycles. The van der Waals surface area contributed by atoms with E-state index < -0.39 is 12.6 Å². The Kier molecular flexibility index (Phi) is 5.63.